The zero-order valence-corrected chi connectivity index (χ0v) is 14.4. The summed E-state index contributed by atoms with van der Waals surface area (Å²) in [6.07, 6.45) is 1.90. The first-order valence-corrected chi connectivity index (χ1v) is 6.46. The zero-order valence-electron chi connectivity index (χ0n) is 12.4. The molecule has 5 nitrogen and oxygen atoms in total. The molecule has 19 heavy (non-hydrogen) atoms. The van der Waals surface area contributed by atoms with Gasteiger partial charge in [0.15, 0.2) is 17.8 Å². The predicted molar refractivity (Wildman–Crippen MR) is 67.9 cm³/mol. The van der Waals surface area contributed by atoms with Crippen molar-refractivity contribution >= 4 is 17.8 Å². The summed E-state index contributed by atoms with van der Waals surface area (Å²) in [6.45, 7) is 7.87. The smallest absolute Gasteiger partial charge is 0.394 e. The average molecular weight is 276 g/mol. The van der Waals surface area contributed by atoms with Crippen molar-refractivity contribution in [2.24, 2.45) is 17.3 Å². The first-order chi connectivity index (χ1) is 8.34. The summed E-state index contributed by atoms with van der Waals surface area (Å²) in [7, 11) is 0. The Balaban J connectivity index is 0.00000324. The summed E-state index contributed by atoms with van der Waals surface area (Å²) in [5.41, 5.74) is -1.16. The van der Waals surface area contributed by atoms with Gasteiger partial charge in [0.1, 0.15) is 0 Å². The summed E-state index contributed by atoms with van der Waals surface area (Å²) in [6, 6.07) is -0.839. The van der Waals surface area contributed by atoms with E-state index in [4.69, 9.17) is 0 Å². The molecular formula is C13H21N2NaO3. The van der Waals surface area contributed by atoms with Crippen molar-refractivity contribution in [3.05, 3.63) is 5.32 Å². The number of nitrogens with zero attached hydrogens (tertiary/aromatic N) is 1. The summed E-state index contributed by atoms with van der Waals surface area (Å²) >= 11 is 0. The van der Waals surface area contributed by atoms with Gasteiger partial charge in [0.2, 0.25) is 0 Å². The molecule has 0 spiro atoms. The molecule has 0 bridgehead atoms. The second-order valence-electron chi connectivity index (χ2n) is 5.39. The number of rotatable bonds is 5. The van der Waals surface area contributed by atoms with E-state index in [1.807, 2.05) is 27.7 Å². The van der Waals surface area contributed by atoms with E-state index in [1.165, 1.54) is 0 Å². The van der Waals surface area contributed by atoms with Crippen molar-refractivity contribution in [3.63, 3.8) is 0 Å². The van der Waals surface area contributed by atoms with Crippen LogP contribution in [0.1, 0.15) is 47.0 Å². The molecular weight excluding hydrogens is 255 g/mol. The number of imide groups is 2. The van der Waals surface area contributed by atoms with Crippen LogP contribution in [0.15, 0.2) is 0 Å². The van der Waals surface area contributed by atoms with E-state index in [0.29, 0.717) is 18.8 Å². The molecule has 0 aromatic carbocycles. The Morgan fingerprint density at radius 2 is 1.79 bits per heavy atom. The van der Waals surface area contributed by atoms with Crippen LogP contribution in [0.5, 0.6) is 0 Å². The third-order valence-electron chi connectivity index (χ3n) is 3.78. The Hall–Kier alpha value is -0.390. The van der Waals surface area contributed by atoms with E-state index in [-0.39, 0.29) is 35.5 Å². The van der Waals surface area contributed by atoms with Gasteiger partial charge in [0, 0.05) is 0 Å². The quantitative estimate of drug-likeness (QED) is 0.549. The fraction of sp³-hybridized carbons (Fsp3) is 0.769. The normalized spacial score (nSPS) is 24.6. The molecule has 0 aromatic rings. The number of carbonyl (C=O) groups is 3. The largest absolute Gasteiger partial charge is 1.00 e. The Morgan fingerprint density at radius 3 is 2.21 bits per heavy atom. The molecule has 1 fully saturated rings. The number of urea groups is 1. The average Bonchev–Trinajstić information content (AvgIpc) is 2.27. The van der Waals surface area contributed by atoms with Gasteiger partial charge in [-0.25, -0.2) is 0 Å². The van der Waals surface area contributed by atoms with Gasteiger partial charge < -0.3 is 10.6 Å². The molecule has 0 aromatic heterocycles. The van der Waals surface area contributed by atoms with Crippen molar-refractivity contribution in [1.29, 1.82) is 0 Å². The second-order valence-corrected chi connectivity index (χ2v) is 5.39. The fourth-order valence-electron chi connectivity index (χ4n) is 2.29. The van der Waals surface area contributed by atoms with Crippen LogP contribution in [-0.4, -0.2) is 17.8 Å². The van der Waals surface area contributed by atoms with Crippen molar-refractivity contribution in [1.82, 2.24) is 5.32 Å². The van der Waals surface area contributed by atoms with Gasteiger partial charge in [0.25, 0.3) is 0 Å². The molecule has 4 amide bonds. The summed E-state index contributed by atoms with van der Waals surface area (Å²) in [5.74, 6) is -0.793. The Labute approximate surface area is 136 Å². The zero-order chi connectivity index (χ0) is 13.9. The molecule has 1 rings (SSSR count). The van der Waals surface area contributed by atoms with Crippen LogP contribution in [0.3, 0.4) is 0 Å². The van der Waals surface area contributed by atoms with Gasteiger partial charge >= 0.3 is 29.6 Å². The fourth-order valence-corrected chi connectivity index (χ4v) is 2.29. The van der Waals surface area contributed by atoms with Crippen molar-refractivity contribution in [2.45, 2.75) is 47.0 Å². The van der Waals surface area contributed by atoms with E-state index in [1.54, 1.807) is 0 Å². The van der Waals surface area contributed by atoms with Gasteiger partial charge in [-0.05, 0) is 24.7 Å². The van der Waals surface area contributed by atoms with Gasteiger partial charge in [0.05, 0.1) is 5.41 Å². The predicted octanol–water partition coefficient (Wildman–Crippen LogP) is -0.391. The maximum Gasteiger partial charge on any atom is 1.00 e. The van der Waals surface area contributed by atoms with E-state index in [9.17, 15) is 14.4 Å². The van der Waals surface area contributed by atoms with E-state index < -0.39 is 23.3 Å². The molecule has 6 heteroatoms. The van der Waals surface area contributed by atoms with Gasteiger partial charge in [-0.2, -0.15) is 0 Å². The minimum atomic E-state index is -1.16. The summed E-state index contributed by atoms with van der Waals surface area (Å²) in [5, 5.41) is 5.60. The van der Waals surface area contributed by atoms with Crippen LogP contribution in [0.25, 0.3) is 5.32 Å². The van der Waals surface area contributed by atoms with E-state index in [2.05, 4.69) is 10.6 Å². The van der Waals surface area contributed by atoms with Gasteiger partial charge in [-0.1, -0.05) is 34.1 Å². The molecule has 1 N–H and O–H groups in total. The van der Waals surface area contributed by atoms with Crippen LogP contribution in [0.2, 0.25) is 0 Å². The molecule has 1 saturated heterocycles. The van der Waals surface area contributed by atoms with Crippen LogP contribution in [0, 0.1) is 17.3 Å². The number of amides is 4. The van der Waals surface area contributed by atoms with E-state index >= 15 is 0 Å². The van der Waals surface area contributed by atoms with Crippen molar-refractivity contribution in [3.8, 4) is 0 Å². The molecule has 0 saturated carbocycles. The molecule has 0 aliphatic carbocycles. The number of barbiturate groups is 1. The molecule has 2 unspecified atom stereocenters. The summed E-state index contributed by atoms with van der Waals surface area (Å²) in [4.78, 5) is 35.3. The maximum atomic E-state index is 12.1. The third-order valence-corrected chi connectivity index (χ3v) is 3.78. The Bertz CT molecular complexity index is 349. The third kappa shape index (κ3) is 3.80. The first kappa shape index (κ1) is 18.6. The molecule has 0 radical (unpaired) electrons. The van der Waals surface area contributed by atoms with Crippen LogP contribution in [0.4, 0.5) is 4.79 Å². The molecule has 1 heterocycles. The standard InChI is InChI=1S/C13H22N2O3.Na/c1-5-9(4)13(7-6-8(2)3)10(16)14-12(18)15-11(13)17;/h8-9H,5-7H2,1-4H3,(H2,14,15,16,17,18);/q;+1/p-1. The van der Waals surface area contributed by atoms with Crippen molar-refractivity contribution in [2.75, 3.05) is 0 Å². The topological polar surface area (TPSA) is 77.3 Å². The first-order valence-electron chi connectivity index (χ1n) is 6.46. The van der Waals surface area contributed by atoms with Gasteiger partial charge in [-0.15, -0.1) is 0 Å². The number of hydrogen-bond donors (Lipinski definition) is 1. The second kappa shape index (κ2) is 7.41. The SMILES string of the molecule is CCC(C)C1(CCC(C)C)C(=O)[N-]C(=O)NC1=O.[Na+]. The monoisotopic (exact) mass is 276 g/mol. The van der Waals surface area contributed by atoms with Crippen LogP contribution >= 0.6 is 0 Å². The van der Waals surface area contributed by atoms with Crippen molar-refractivity contribution < 1.29 is 43.9 Å². The molecule has 102 valence electrons. The maximum absolute atomic E-state index is 12.1. The Kier molecular flexibility index (Phi) is 7.26. The number of carbonyl (C=O) groups excluding carboxylic acids is 3. The van der Waals surface area contributed by atoms with E-state index in [0.717, 1.165) is 6.42 Å². The van der Waals surface area contributed by atoms with Gasteiger partial charge in [-0.3, -0.25) is 14.4 Å². The minimum Gasteiger partial charge on any atom is -0.394 e. The minimum absolute atomic E-state index is 0. The molecule has 1 aliphatic heterocycles. The molecule has 2 atom stereocenters. The Morgan fingerprint density at radius 1 is 1.21 bits per heavy atom. The number of nitrogens with one attached hydrogen (secondary N) is 1. The molecule has 1 aliphatic rings. The van der Waals surface area contributed by atoms with Crippen LogP contribution < -0.4 is 34.9 Å². The number of hydrogen-bond acceptors (Lipinski definition) is 3. The summed E-state index contributed by atoms with van der Waals surface area (Å²) < 4.78 is 0. The van der Waals surface area contributed by atoms with Crippen LogP contribution in [-0.2, 0) is 9.59 Å².